The fraction of sp³-hybridized carbons (Fsp3) is 0.743. The molecule has 3 N–H and O–H groups in total. The molecular formula is C35H51F3N4O7S. The van der Waals surface area contributed by atoms with E-state index in [0.717, 1.165) is 16.7 Å². The Kier molecular flexibility index (Phi) is 12.3. The summed E-state index contributed by atoms with van der Waals surface area (Å²) in [7, 11) is -3.64. The highest BCUT2D eigenvalue weighted by Gasteiger charge is 2.48. The average molecular weight is 729 g/mol. The summed E-state index contributed by atoms with van der Waals surface area (Å²) in [5.74, 6) is 0.201. The molecule has 0 unspecified atom stereocenters. The van der Waals surface area contributed by atoms with Crippen LogP contribution in [-0.4, -0.2) is 115 Å². The summed E-state index contributed by atoms with van der Waals surface area (Å²) >= 11 is 0. The first-order chi connectivity index (χ1) is 23.6. The van der Waals surface area contributed by atoms with Crippen LogP contribution in [0.15, 0.2) is 17.1 Å². The molecule has 0 aromatic heterocycles. The predicted molar refractivity (Wildman–Crippen MR) is 181 cm³/mol. The van der Waals surface area contributed by atoms with Gasteiger partial charge in [-0.1, -0.05) is 0 Å². The first-order valence-electron chi connectivity index (χ1n) is 17.8. The summed E-state index contributed by atoms with van der Waals surface area (Å²) in [6.45, 7) is 4.82. The number of aryl methyl sites for hydroxylation is 2. The summed E-state index contributed by atoms with van der Waals surface area (Å²) in [4.78, 5) is 33.0. The number of carbonyl (C=O) groups excluding carboxylic acids is 2. The zero-order chi connectivity index (χ0) is 36.3. The number of carbonyl (C=O) groups is 2. The molecule has 3 aliphatic heterocycles. The maximum absolute atomic E-state index is 13.5. The number of alkyl halides is 3. The lowest BCUT2D eigenvalue weighted by Gasteiger charge is -2.35. The highest BCUT2D eigenvalue weighted by atomic mass is 32.2. The number of aliphatic hydroxyl groups is 2. The number of hydrogen-bond acceptors (Lipinski definition) is 8. The number of hydrogen-bond donors (Lipinski definition) is 3. The monoisotopic (exact) mass is 728 g/mol. The zero-order valence-corrected chi connectivity index (χ0v) is 29.8. The summed E-state index contributed by atoms with van der Waals surface area (Å²) in [5, 5.41) is 21.4. The Hall–Kier alpha value is -2.59. The standard InChI is InChI=1S/C35H51F3N4O7S/c1-23-19-27(32(45)41-14-8-29(9-15-41)49-22-28(44)21-43)20-24(2)30(23)10-18-50(47,48)42-16-12-34(13-17-42)33(46)39-31(40-34)26-5-3-25(4-6-26)7-11-35(36,37)38/h19-20,25-26,28-29,43-44H,3-18,21-22H2,1-2H3,(H,39,40,46)/t25?,26?,28-/m0/s1. The van der Waals surface area contributed by atoms with E-state index in [-0.39, 0.29) is 87.5 Å². The van der Waals surface area contributed by atoms with Gasteiger partial charge in [-0.05, 0) is 113 Å². The third kappa shape index (κ3) is 9.44. The lowest BCUT2D eigenvalue weighted by Crippen LogP contribution is -2.51. The van der Waals surface area contributed by atoms with Crippen molar-refractivity contribution in [1.29, 1.82) is 0 Å². The molecule has 1 atom stereocenters. The molecule has 280 valence electrons. The normalized spacial score (nSPS) is 24.3. The van der Waals surface area contributed by atoms with E-state index >= 15 is 0 Å². The molecule has 1 aromatic carbocycles. The second-order valence-corrected chi connectivity index (χ2v) is 16.7. The van der Waals surface area contributed by atoms with E-state index < -0.39 is 34.3 Å². The number of ether oxygens (including phenoxy) is 1. The molecule has 2 amide bonds. The van der Waals surface area contributed by atoms with Crippen LogP contribution >= 0.6 is 0 Å². The molecule has 15 heteroatoms. The van der Waals surface area contributed by atoms with Crippen molar-refractivity contribution >= 4 is 27.7 Å². The third-order valence-electron chi connectivity index (χ3n) is 11.0. The Labute approximate surface area is 292 Å². The van der Waals surface area contributed by atoms with Crippen LogP contribution < -0.4 is 5.32 Å². The average Bonchev–Trinajstić information content (AvgIpc) is 3.40. The lowest BCUT2D eigenvalue weighted by atomic mass is 9.79. The number of nitrogens with zero attached hydrogens (tertiary/aromatic N) is 3. The Morgan fingerprint density at radius 3 is 2.26 bits per heavy atom. The van der Waals surface area contributed by atoms with Gasteiger partial charge in [0.25, 0.3) is 11.8 Å². The molecule has 0 radical (unpaired) electrons. The fourth-order valence-electron chi connectivity index (χ4n) is 7.88. The maximum atomic E-state index is 13.5. The quantitative estimate of drug-likeness (QED) is 0.298. The number of aliphatic hydroxyl groups excluding tert-OH is 2. The summed E-state index contributed by atoms with van der Waals surface area (Å²) < 4.78 is 71.9. The first kappa shape index (κ1) is 38.6. The Morgan fingerprint density at radius 2 is 1.68 bits per heavy atom. The van der Waals surface area contributed by atoms with Crippen LogP contribution in [0.25, 0.3) is 0 Å². The molecule has 50 heavy (non-hydrogen) atoms. The smallest absolute Gasteiger partial charge is 0.389 e. The van der Waals surface area contributed by atoms with Gasteiger partial charge in [0.1, 0.15) is 17.5 Å². The Balaban J connectivity index is 1.11. The van der Waals surface area contributed by atoms with Gasteiger partial charge in [-0.3, -0.25) is 14.6 Å². The number of piperidine rings is 2. The van der Waals surface area contributed by atoms with Gasteiger partial charge in [-0.15, -0.1) is 0 Å². The van der Waals surface area contributed by atoms with Crippen molar-refractivity contribution in [3.8, 4) is 0 Å². The van der Waals surface area contributed by atoms with Gasteiger partial charge in [0.2, 0.25) is 10.0 Å². The molecule has 0 bridgehead atoms. The zero-order valence-electron chi connectivity index (χ0n) is 29.0. The number of likely N-dealkylation sites (tertiary alicyclic amines) is 1. The number of amidine groups is 1. The number of nitrogens with one attached hydrogen (secondary N) is 1. The maximum Gasteiger partial charge on any atom is 0.389 e. The van der Waals surface area contributed by atoms with E-state index in [2.05, 4.69) is 5.32 Å². The second kappa shape index (κ2) is 16.0. The van der Waals surface area contributed by atoms with Crippen molar-refractivity contribution in [2.24, 2.45) is 16.8 Å². The molecule has 11 nitrogen and oxygen atoms in total. The van der Waals surface area contributed by atoms with Gasteiger partial charge in [-0.25, -0.2) is 12.7 Å². The fourth-order valence-corrected chi connectivity index (χ4v) is 9.34. The van der Waals surface area contributed by atoms with Crippen molar-refractivity contribution < 1.29 is 46.1 Å². The summed E-state index contributed by atoms with van der Waals surface area (Å²) in [5.41, 5.74) is 2.11. The van der Waals surface area contributed by atoms with Crippen LogP contribution in [0.1, 0.15) is 91.3 Å². The molecule has 4 aliphatic rings. The molecule has 5 rings (SSSR count). The number of rotatable bonds is 12. The van der Waals surface area contributed by atoms with Crippen LogP contribution in [0, 0.1) is 25.7 Å². The SMILES string of the molecule is Cc1cc(C(=O)N2CCC(OC[C@@H](O)CO)CC2)cc(C)c1CCS(=O)(=O)N1CCC2(CC1)N=C(C1CCC(CCC(F)(F)F)CC1)NC2=O. The minimum absolute atomic E-state index is 0.000797. The molecule has 2 saturated heterocycles. The van der Waals surface area contributed by atoms with Gasteiger partial charge >= 0.3 is 6.18 Å². The summed E-state index contributed by atoms with van der Waals surface area (Å²) in [6, 6.07) is 3.62. The number of aliphatic imine (C=N–C) groups is 1. The van der Waals surface area contributed by atoms with Gasteiger partial charge in [0, 0.05) is 44.1 Å². The predicted octanol–water partition coefficient (Wildman–Crippen LogP) is 3.66. The number of benzene rings is 1. The molecule has 3 fully saturated rings. The van der Waals surface area contributed by atoms with Crippen molar-refractivity contribution in [3.63, 3.8) is 0 Å². The Bertz CT molecular complexity index is 1490. The number of amides is 2. The molecule has 1 spiro atoms. The topological polar surface area (TPSA) is 149 Å². The van der Waals surface area contributed by atoms with Crippen LogP contribution in [0.4, 0.5) is 13.2 Å². The molecule has 3 heterocycles. The van der Waals surface area contributed by atoms with E-state index in [1.165, 1.54) is 4.31 Å². The molecular weight excluding hydrogens is 677 g/mol. The molecule has 1 aromatic rings. The molecule has 1 saturated carbocycles. The minimum Gasteiger partial charge on any atom is -0.394 e. The third-order valence-corrected chi connectivity index (χ3v) is 12.9. The summed E-state index contributed by atoms with van der Waals surface area (Å²) in [6.07, 6.45) is -1.01. The van der Waals surface area contributed by atoms with Crippen LogP contribution in [-0.2, 0) is 26.0 Å². The van der Waals surface area contributed by atoms with Gasteiger partial charge in [-0.2, -0.15) is 13.2 Å². The van der Waals surface area contributed by atoms with Crippen LogP contribution in [0.5, 0.6) is 0 Å². The Morgan fingerprint density at radius 1 is 1.06 bits per heavy atom. The van der Waals surface area contributed by atoms with Gasteiger partial charge in [0.15, 0.2) is 0 Å². The van der Waals surface area contributed by atoms with E-state index in [1.54, 1.807) is 4.90 Å². The van der Waals surface area contributed by atoms with Crippen LogP contribution in [0.2, 0.25) is 0 Å². The van der Waals surface area contributed by atoms with Crippen LogP contribution in [0.3, 0.4) is 0 Å². The van der Waals surface area contributed by atoms with Crippen molar-refractivity contribution in [1.82, 2.24) is 14.5 Å². The molecule has 1 aliphatic carbocycles. The second-order valence-electron chi connectivity index (χ2n) is 14.6. The van der Waals surface area contributed by atoms with Crippen molar-refractivity contribution in [3.05, 3.63) is 34.4 Å². The van der Waals surface area contributed by atoms with E-state index in [9.17, 15) is 36.3 Å². The highest BCUT2D eigenvalue weighted by molar-refractivity contribution is 7.89. The largest absolute Gasteiger partial charge is 0.394 e. The van der Waals surface area contributed by atoms with E-state index in [1.807, 2.05) is 26.0 Å². The van der Waals surface area contributed by atoms with E-state index in [0.29, 0.717) is 63.0 Å². The number of sulfonamides is 1. The minimum atomic E-state index is -4.15. The van der Waals surface area contributed by atoms with Crippen molar-refractivity contribution in [2.75, 3.05) is 45.1 Å². The number of halogens is 3. The van der Waals surface area contributed by atoms with Crippen molar-refractivity contribution in [2.45, 2.75) is 108 Å². The lowest BCUT2D eigenvalue weighted by molar-refractivity contribution is -0.138. The van der Waals surface area contributed by atoms with Gasteiger partial charge < -0.3 is 25.2 Å². The first-order valence-corrected chi connectivity index (χ1v) is 19.5. The highest BCUT2D eigenvalue weighted by Crippen LogP contribution is 2.38. The van der Waals surface area contributed by atoms with E-state index in [4.69, 9.17) is 14.8 Å². The van der Waals surface area contributed by atoms with Gasteiger partial charge in [0.05, 0.1) is 25.1 Å².